The summed E-state index contributed by atoms with van der Waals surface area (Å²) in [5.74, 6) is 0.766. The van der Waals surface area contributed by atoms with Crippen molar-refractivity contribution in [2.45, 2.75) is 26.3 Å². The fourth-order valence-corrected chi connectivity index (χ4v) is 2.52. The van der Waals surface area contributed by atoms with E-state index in [0.717, 1.165) is 30.0 Å². The van der Waals surface area contributed by atoms with Gasteiger partial charge >= 0.3 is 0 Å². The Morgan fingerprint density at radius 2 is 2.05 bits per heavy atom. The van der Waals surface area contributed by atoms with Gasteiger partial charge in [0.2, 0.25) is 0 Å². The summed E-state index contributed by atoms with van der Waals surface area (Å²) in [6.07, 6.45) is 2.52. The summed E-state index contributed by atoms with van der Waals surface area (Å²) in [6, 6.07) is 7.73. The molecule has 1 aromatic heterocycles. The molecule has 1 unspecified atom stereocenters. The molecule has 1 atom stereocenters. The standard InChI is InChI=1S/C15H17Cl2N3/c1-3-18-14(13-7-8-19-10(2)20-13)9-11-5-4-6-12(16)15(11)17/h4-8,14,18H,3,9H2,1-2H3. The first kappa shape index (κ1) is 15.2. The molecule has 0 radical (unpaired) electrons. The summed E-state index contributed by atoms with van der Waals surface area (Å²) in [4.78, 5) is 8.63. The number of rotatable bonds is 5. The number of hydrogen-bond donors (Lipinski definition) is 1. The molecule has 0 aliphatic rings. The number of halogens is 2. The first-order valence-electron chi connectivity index (χ1n) is 6.57. The molecule has 3 nitrogen and oxygen atoms in total. The maximum absolute atomic E-state index is 6.26. The second-order valence-corrected chi connectivity index (χ2v) is 5.34. The molecule has 0 fully saturated rings. The molecule has 0 amide bonds. The fraction of sp³-hybridized carbons (Fsp3) is 0.333. The molecule has 0 saturated carbocycles. The lowest BCUT2D eigenvalue weighted by Gasteiger charge is -2.18. The lowest BCUT2D eigenvalue weighted by molar-refractivity contribution is 0.534. The van der Waals surface area contributed by atoms with Crippen molar-refractivity contribution in [2.75, 3.05) is 6.54 Å². The van der Waals surface area contributed by atoms with Crippen LogP contribution in [0.25, 0.3) is 0 Å². The van der Waals surface area contributed by atoms with Crippen molar-refractivity contribution in [3.8, 4) is 0 Å². The average Bonchev–Trinajstić information content (AvgIpc) is 2.43. The fourth-order valence-electron chi connectivity index (χ4n) is 2.12. The molecule has 5 heteroatoms. The molecule has 0 aliphatic heterocycles. The number of aromatic nitrogens is 2. The van der Waals surface area contributed by atoms with Gasteiger partial charge in [-0.2, -0.15) is 0 Å². The van der Waals surface area contributed by atoms with Crippen LogP contribution in [0.15, 0.2) is 30.5 Å². The van der Waals surface area contributed by atoms with Crippen LogP contribution in [0.4, 0.5) is 0 Å². The molecule has 2 aromatic rings. The largest absolute Gasteiger partial charge is 0.309 e. The van der Waals surface area contributed by atoms with Gasteiger partial charge in [0.05, 0.1) is 21.8 Å². The topological polar surface area (TPSA) is 37.8 Å². The smallest absolute Gasteiger partial charge is 0.125 e. The average molecular weight is 310 g/mol. The highest BCUT2D eigenvalue weighted by atomic mass is 35.5. The number of aryl methyl sites for hydroxylation is 1. The predicted octanol–water partition coefficient (Wildman–Crippen LogP) is 3.99. The van der Waals surface area contributed by atoms with E-state index in [9.17, 15) is 0 Å². The summed E-state index contributed by atoms with van der Waals surface area (Å²) in [5, 5.41) is 4.62. The summed E-state index contributed by atoms with van der Waals surface area (Å²) in [5.41, 5.74) is 1.98. The van der Waals surface area contributed by atoms with Crippen LogP contribution in [0, 0.1) is 6.92 Å². The van der Waals surface area contributed by atoms with E-state index < -0.39 is 0 Å². The van der Waals surface area contributed by atoms with Gasteiger partial charge in [-0.3, -0.25) is 0 Å². The van der Waals surface area contributed by atoms with Gasteiger partial charge in [0.1, 0.15) is 5.82 Å². The summed E-state index contributed by atoms with van der Waals surface area (Å²) in [7, 11) is 0. The molecule has 20 heavy (non-hydrogen) atoms. The van der Waals surface area contributed by atoms with Gasteiger partial charge in [-0.15, -0.1) is 0 Å². The molecule has 1 heterocycles. The molecule has 0 bridgehead atoms. The third kappa shape index (κ3) is 3.69. The van der Waals surface area contributed by atoms with Gasteiger partial charge < -0.3 is 5.32 Å². The Morgan fingerprint density at radius 1 is 1.25 bits per heavy atom. The zero-order valence-corrected chi connectivity index (χ0v) is 13.0. The van der Waals surface area contributed by atoms with Crippen molar-refractivity contribution in [2.24, 2.45) is 0 Å². The van der Waals surface area contributed by atoms with Gasteiger partial charge in [0, 0.05) is 6.20 Å². The predicted molar refractivity (Wildman–Crippen MR) is 83.4 cm³/mol. The highest BCUT2D eigenvalue weighted by Gasteiger charge is 2.15. The van der Waals surface area contributed by atoms with E-state index in [-0.39, 0.29) is 6.04 Å². The number of nitrogens with one attached hydrogen (secondary N) is 1. The van der Waals surface area contributed by atoms with Crippen LogP contribution in [-0.4, -0.2) is 16.5 Å². The molecule has 0 spiro atoms. The third-order valence-electron chi connectivity index (χ3n) is 3.06. The van der Waals surface area contributed by atoms with Crippen molar-refractivity contribution in [1.29, 1.82) is 0 Å². The first-order valence-corrected chi connectivity index (χ1v) is 7.33. The number of hydrogen-bond acceptors (Lipinski definition) is 3. The minimum absolute atomic E-state index is 0.0951. The molecule has 1 aromatic carbocycles. The Balaban J connectivity index is 2.28. The minimum atomic E-state index is 0.0951. The van der Waals surface area contributed by atoms with Crippen molar-refractivity contribution < 1.29 is 0 Å². The van der Waals surface area contributed by atoms with Gasteiger partial charge in [0.25, 0.3) is 0 Å². The Hall–Kier alpha value is -1.16. The summed E-state index contributed by atoms with van der Waals surface area (Å²) >= 11 is 12.3. The van der Waals surface area contributed by atoms with Gasteiger partial charge in [-0.1, -0.05) is 42.3 Å². The Labute approximate surface area is 129 Å². The van der Waals surface area contributed by atoms with Crippen molar-refractivity contribution in [1.82, 2.24) is 15.3 Å². The lowest BCUT2D eigenvalue weighted by Crippen LogP contribution is -2.24. The van der Waals surface area contributed by atoms with Crippen LogP contribution < -0.4 is 5.32 Å². The van der Waals surface area contributed by atoms with E-state index in [0.29, 0.717) is 10.0 Å². The molecular formula is C15H17Cl2N3. The zero-order valence-electron chi connectivity index (χ0n) is 11.5. The Bertz CT molecular complexity index is 587. The SMILES string of the molecule is CCNC(Cc1cccc(Cl)c1Cl)c1ccnc(C)n1. The normalized spacial score (nSPS) is 12.4. The number of benzene rings is 1. The van der Waals surface area contributed by atoms with Crippen molar-refractivity contribution in [3.05, 3.63) is 57.6 Å². The van der Waals surface area contributed by atoms with Gasteiger partial charge in [0.15, 0.2) is 0 Å². The van der Waals surface area contributed by atoms with E-state index in [4.69, 9.17) is 23.2 Å². The van der Waals surface area contributed by atoms with E-state index in [1.54, 1.807) is 12.3 Å². The monoisotopic (exact) mass is 309 g/mol. The quantitative estimate of drug-likeness (QED) is 0.907. The zero-order chi connectivity index (χ0) is 14.5. The Morgan fingerprint density at radius 3 is 2.75 bits per heavy atom. The van der Waals surface area contributed by atoms with Crippen LogP contribution in [0.1, 0.15) is 30.0 Å². The molecule has 2 rings (SSSR count). The molecule has 0 saturated heterocycles. The molecule has 1 N–H and O–H groups in total. The molecular weight excluding hydrogens is 293 g/mol. The second-order valence-electron chi connectivity index (χ2n) is 4.56. The van der Waals surface area contributed by atoms with Crippen molar-refractivity contribution >= 4 is 23.2 Å². The maximum atomic E-state index is 6.26. The van der Waals surface area contributed by atoms with Crippen LogP contribution in [0.5, 0.6) is 0 Å². The maximum Gasteiger partial charge on any atom is 0.125 e. The first-order chi connectivity index (χ1) is 9.61. The van der Waals surface area contributed by atoms with E-state index in [2.05, 4.69) is 22.2 Å². The summed E-state index contributed by atoms with van der Waals surface area (Å²) < 4.78 is 0. The third-order valence-corrected chi connectivity index (χ3v) is 3.92. The lowest BCUT2D eigenvalue weighted by atomic mass is 10.0. The number of nitrogens with zero attached hydrogens (tertiary/aromatic N) is 2. The second kappa shape index (κ2) is 7.02. The van der Waals surface area contributed by atoms with E-state index >= 15 is 0 Å². The molecule has 0 aliphatic carbocycles. The summed E-state index contributed by atoms with van der Waals surface area (Å²) in [6.45, 7) is 4.81. The number of likely N-dealkylation sites (N-methyl/N-ethyl adjacent to an activating group) is 1. The molecule has 106 valence electrons. The van der Waals surface area contributed by atoms with Gasteiger partial charge in [-0.05, 0) is 37.6 Å². The van der Waals surface area contributed by atoms with Crippen LogP contribution in [0.2, 0.25) is 10.0 Å². The van der Waals surface area contributed by atoms with Crippen LogP contribution in [0.3, 0.4) is 0 Å². The van der Waals surface area contributed by atoms with E-state index in [1.165, 1.54) is 0 Å². The van der Waals surface area contributed by atoms with Gasteiger partial charge in [-0.25, -0.2) is 9.97 Å². The highest BCUT2D eigenvalue weighted by Crippen LogP contribution is 2.28. The Kier molecular flexibility index (Phi) is 5.35. The highest BCUT2D eigenvalue weighted by molar-refractivity contribution is 6.42. The van der Waals surface area contributed by atoms with Crippen molar-refractivity contribution in [3.63, 3.8) is 0 Å². The van der Waals surface area contributed by atoms with Crippen LogP contribution >= 0.6 is 23.2 Å². The minimum Gasteiger partial charge on any atom is -0.309 e. The van der Waals surface area contributed by atoms with Crippen LogP contribution in [-0.2, 0) is 6.42 Å². The van der Waals surface area contributed by atoms with E-state index in [1.807, 2.05) is 25.1 Å².